The number of carbonyl (C=O) groups excluding carboxylic acids is 1. The summed E-state index contributed by atoms with van der Waals surface area (Å²) in [5.74, 6) is 0.997. The third-order valence-electron chi connectivity index (χ3n) is 1.82. The number of nitrogens with zero attached hydrogens (tertiary/aromatic N) is 1. The molecule has 0 aliphatic heterocycles. The number of rotatable bonds is 5. The fourth-order valence-corrected chi connectivity index (χ4v) is 1.69. The Balaban J connectivity index is 2.45. The van der Waals surface area contributed by atoms with Gasteiger partial charge >= 0.3 is 6.03 Å². The SMILES string of the molecule is CCCNC(=O)Nc1ccc(SCC)nc1. The molecule has 1 aromatic heterocycles. The molecule has 0 aliphatic carbocycles. The normalized spacial score (nSPS) is 9.88. The predicted molar refractivity (Wildman–Crippen MR) is 67.9 cm³/mol. The summed E-state index contributed by atoms with van der Waals surface area (Å²) in [6.07, 6.45) is 2.60. The maximum absolute atomic E-state index is 11.3. The molecular formula is C11H17N3OS. The summed E-state index contributed by atoms with van der Waals surface area (Å²) in [6, 6.07) is 3.58. The lowest BCUT2D eigenvalue weighted by Crippen LogP contribution is -2.29. The average molecular weight is 239 g/mol. The van der Waals surface area contributed by atoms with Crippen LogP contribution in [0, 0.1) is 0 Å². The van der Waals surface area contributed by atoms with E-state index in [0.29, 0.717) is 12.2 Å². The highest BCUT2D eigenvalue weighted by atomic mass is 32.2. The molecule has 1 aromatic rings. The van der Waals surface area contributed by atoms with Crippen LogP contribution in [0.15, 0.2) is 23.4 Å². The quantitative estimate of drug-likeness (QED) is 0.777. The van der Waals surface area contributed by atoms with Gasteiger partial charge in [-0.1, -0.05) is 13.8 Å². The van der Waals surface area contributed by atoms with Crippen LogP contribution in [0.4, 0.5) is 10.5 Å². The lowest BCUT2D eigenvalue weighted by Gasteiger charge is -2.06. The second-order valence-electron chi connectivity index (χ2n) is 3.20. The molecule has 2 amide bonds. The summed E-state index contributed by atoms with van der Waals surface area (Å²) in [7, 11) is 0. The molecule has 0 unspecified atom stereocenters. The first-order valence-corrected chi connectivity index (χ1v) is 6.38. The highest BCUT2D eigenvalue weighted by Gasteiger charge is 2.00. The highest BCUT2D eigenvalue weighted by Crippen LogP contribution is 2.16. The van der Waals surface area contributed by atoms with E-state index in [1.165, 1.54) is 0 Å². The van der Waals surface area contributed by atoms with Gasteiger partial charge < -0.3 is 10.6 Å². The van der Waals surface area contributed by atoms with Crippen molar-refractivity contribution in [1.82, 2.24) is 10.3 Å². The summed E-state index contributed by atoms with van der Waals surface area (Å²) >= 11 is 1.68. The van der Waals surface area contributed by atoms with Crippen molar-refractivity contribution in [2.24, 2.45) is 0 Å². The van der Waals surface area contributed by atoms with E-state index in [1.54, 1.807) is 18.0 Å². The van der Waals surface area contributed by atoms with Crippen LogP contribution in [0.2, 0.25) is 0 Å². The van der Waals surface area contributed by atoms with Crippen LogP contribution in [0.25, 0.3) is 0 Å². The molecule has 0 radical (unpaired) electrons. The van der Waals surface area contributed by atoms with Crippen molar-refractivity contribution in [1.29, 1.82) is 0 Å². The zero-order chi connectivity index (χ0) is 11.8. The third kappa shape index (κ3) is 4.53. The Morgan fingerprint density at radius 1 is 1.44 bits per heavy atom. The number of nitrogens with one attached hydrogen (secondary N) is 2. The first kappa shape index (κ1) is 12.8. The molecule has 0 bridgehead atoms. The number of amides is 2. The predicted octanol–water partition coefficient (Wildman–Crippen LogP) is 2.73. The molecule has 16 heavy (non-hydrogen) atoms. The first-order chi connectivity index (χ1) is 7.76. The van der Waals surface area contributed by atoms with Crippen LogP contribution in [0.3, 0.4) is 0 Å². The van der Waals surface area contributed by atoms with Crippen molar-refractivity contribution in [3.05, 3.63) is 18.3 Å². The molecular weight excluding hydrogens is 222 g/mol. The van der Waals surface area contributed by atoms with Gasteiger partial charge in [-0.05, 0) is 24.3 Å². The molecule has 0 atom stereocenters. The average Bonchev–Trinajstić information content (AvgIpc) is 2.29. The zero-order valence-electron chi connectivity index (χ0n) is 9.62. The maximum Gasteiger partial charge on any atom is 0.319 e. The number of thioether (sulfide) groups is 1. The van der Waals surface area contributed by atoms with Gasteiger partial charge in [0, 0.05) is 6.54 Å². The van der Waals surface area contributed by atoms with Gasteiger partial charge in [-0.15, -0.1) is 11.8 Å². The van der Waals surface area contributed by atoms with Gasteiger partial charge in [0.15, 0.2) is 0 Å². The number of carbonyl (C=O) groups is 1. The molecule has 5 heteroatoms. The summed E-state index contributed by atoms with van der Waals surface area (Å²) in [6.45, 7) is 4.78. The van der Waals surface area contributed by atoms with Crippen molar-refractivity contribution < 1.29 is 4.79 Å². The number of aromatic nitrogens is 1. The Hall–Kier alpha value is -1.23. The number of pyridine rings is 1. The smallest absolute Gasteiger partial charge is 0.319 e. The number of anilines is 1. The molecule has 0 aromatic carbocycles. The van der Waals surface area contributed by atoms with Gasteiger partial charge in [-0.2, -0.15) is 0 Å². The third-order valence-corrected chi connectivity index (χ3v) is 2.65. The van der Waals surface area contributed by atoms with Gasteiger partial charge in [0.2, 0.25) is 0 Å². The molecule has 2 N–H and O–H groups in total. The fraction of sp³-hybridized carbons (Fsp3) is 0.455. The van der Waals surface area contributed by atoms with Gasteiger partial charge in [-0.3, -0.25) is 0 Å². The Bertz CT molecular complexity index is 327. The van der Waals surface area contributed by atoms with E-state index in [2.05, 4.69) is 22.5 Å². The minimum Gasteiger partial charge on any atom is -0.338 e. The Kier molecular flexibility index (Phi) is 5.71. The minimum absolute atomic E-state index is 0.181. The second kappa shape index (κ2) is 7.11. The molecule has 4 nitrogen and oxygen atoms in total. The number of hydrogen-bond donors (Lipinski definition) is 2. The van der Waals surface area contributed by atoms with E-state index in [0.717, 1.165) is 17.2 Å². The summed E-state index contributed by atoms with van der Waals surface area (Å²) in [5.41, 5.74) is 0.717. The van der Waals surface area contributed by atoms with Crippen LogP contribution >= 0.6 is 11.8 Å². The number of hydrogen-bond acceptors (Lipinski definition) is 3. The van der Waals surface area contributed by atoms with Crippen molar-refractivity contribution in [2.75, 3.05) is 17.6 Å². The standard InChI is InChI=1S/C11H17N3OS/c1-3-7-12-11(15)14-9-5-6-10(13-8-9)16-4-2/h5-6,8H,3-4,7H2,1-2H3,(H2,12,14,15). The van der Waals surface area contributed by atoms with Gasteiger partial charge in [-0.25, -0.2) is 9.78 Å². The summed E-state index contributed by atoms with van der Waals surface area (Å²) in [5, 5.41) is 6.44. The molecule has 0 fully saturated rings. The molecule has 0 saturated heterocycles. The van der Waals surface area contributed by atoms with E-state index in [-0.39, 0.29) is 6.03 Å². The summed E-state index contributed by atoms with van der Waals surface area (Å²) < 4.78 is 0. The maximum atomic E-state index is 11.3. The molecule has 88 valence electrons. The van der Waals surface area contributed by atoms with Gasteiger partial charge in [0.05, 0.1) is 16.9 Å². The monoisotopic (exact) mass is 239 g/mol. The fourth-order valence-electron chi connectivity index (χ4n) is 1.10. The molecule has 0 aliphatic rings. The van der Waals surface area contributed by atoms with Crippen molar-refractivity contribution in [3.63, 3.8) is 0 Å². The Morgan fingerprint density at radius 2 is 2.25 bits per heavy atom. The molecule has 0 spiro atoms. The number of urea groups is 1. The van der Waals surface area contributed by atoms with Crippen molar-refractivity contribution in [2.45, 2.75) is 25.3 Å². The molecule has 0 saturated carbocycles. The van der Waals surface area contributed by atoms with Crippen LogP contribution in [0.5, 0.6) is 0 Å². The molecule has 1 rings (SSSR count). The van der Waals surface area contributed by atoms with E-state index in [9.17, 15) is 4.79 Å². The van der Waals surface area contributed by atoms with Crippen LogP contribution in [0.1, 0.15) is 20.3 Å². The van der Waals surface area contributed by atoms with Gasteiger partial charge in [0.25, 0.3) is 0 Å². The Labute approximate surface area is 100 Å². The van der Waals surface area contributed by atoms with Crippen LogP contribution < -0.4 is 10.6 Å². The van der Waals surface area contributed by atoms with Crippen LogP contribution in [-0.2, 0) is 0 Å². The topological polar surface area (TPSA) is 54.0 Å². The van der Waals surface area contributed by atoms with Gasteiger partial charge in [0.1, 0.15) is 0 Å². The lowest BCUT2D eigenvalue weighted by molar-refractivity contribution is 0.252. The zero-order valence-corrected chi connectivity index (χ0v) is 10.4. The summed E-state index contributed by atoms with van der Waals surface area (Å²) in [4.78, 5) is 15.5. The van der Waals surface area contributed by atoms with E-state index in [4.69, 9.17) is 0 Å². The van der Waals surface area contributed by atoms with Crippen molar-refractivity contribution >= 4 is 23.5 Å². The lowest BCUT2D eigenvalue weighted by atomic mass is 10.4. The largest absolute Gasteiger partial charge is 0.338 e. The highest BCUT2D eigenvalue weighted by molar-refractivity contribution is 7.99. The van der Waals surface area contributed by atoms with E-state index < -0.39 is 0 Å². The van der Waals surface area contributed by atoms with E-state index in [1.807, 2.05) is 19.1 Å². The van der Waals surface area contributed by atoms with Crippen LogP contribution in [-0.4, -0.2) is 23.3 Å². The van der Waals surface area contributed by atoms with E-state index >= 15 is 0 Å². The minimum atomic E-state index is -0.181. The molecule has 1 heterocycles. The second-order valence-corrected chi connectivity index (χ2v) is 4.48. The Morgan fingerprint density at radius 3 is 2.81 bits per heavy atom. The van der Waals surface area contributed by atoms with Crippen molar-refractivity contribution in [3.8, 4) is 0 Å². The first-order valence-electron chi connectivity index (χ1n) is 5.40.